The summed E-state index contributed by atoms with van der Waals surface area (Å²) in [5.74, 6) is 1.91. The van der Waals surface area contributed by atoms with Crippen molar-refractivity contribution in [2.75, 3.05) is 11.4 Å². The molecule has 1 aliphatic heterocycles. The number of aromatic hydroxyl groups is 2. The van der Waals surface area contributed by atoms with Gasteiger partial charge in [-0.25, -0.2) is 0 Å². The first-order chi connectivity index (χ1) is 30.4. The van der Waals surface area contributed by atoms with Crippen molar-refractivity contribution < 1.29 is 19.7 Å². The van der Waals surface area contributed by atoms with E-state index in [0.717, 1.165) is 109 Å². The zero-order valence-electron chi connectivity index (χ0n) is 35.2. The number of phenolic OH excluding ortho intramolecular Hbond substituents is 2. The minimum absolute atomic E-state index is 0.0922. The Morgan fingerprint density at radius 3 is 1.68 bits per heavy atom. The summed E-state index contributed by atoms with van der Waals surface area (Å²) in [5, 5.41) is 26.6. The van der Waals surface area contributed by atoms with Gasteiger partial charge in [-0.05, 0) is 111 Å². The number of anilines is 2. The van der Waals surface area contributed by atoms with Crippen molar-refractivity contribution in [2.24, 2.45) is 0 Å². The van der Waals surface area contributed by atoms with Gasteiger partial charge in [-0.2, -0.15) is 0 Å². The van der Waals surface area contributed by atoms with E-state index in [1.54, 1.807) is 0 Å². The number of aryl methyl sites for hydroxylation is 2. The van der Waals surface area contributed by atoms with Gasteiger partial charge in [0.1, 0.15) is 35.2 Å². The number of rotatable bonds is 8. The summed E-state index contributed by atoms with van der Waals surface area (Å²) in [6.07, 6.45) is 12.5. The highest BCUT2D eigenvalue weighted by Crippen LogP contribution is 2.47. The van der Waals surface area contributed by atoms with Gasteiger partial charge in [-0.1, -0.05) is 115 Å². The van der Waals surface area contributed by atoms with Gasteiger partial charge in [-0.3, -0.25) is 0 Å². The topological polar surface area (TPSA) is 67.1 Å². The maximum absolute atomic E-state index is 12.2. The highest BCUT2D eigenvalue weighted by atomic mass is 16.5. The fourth-order valence-electron chi connectivity index (χ4n) is 9.54. The number of nitrogens with zero attached hydrogens (tertiary/aromatic N) is 2. The monoisotopic (exact) mass is 814 g/mol. The minimum Gasteiger partial charge on any atom is -0.505 e. The van der Waals surface area contributed by atoms with Crippen LogP contribution in [0.3, 0.4) is 0 Å². The van der Waals surface area contributed by atoms with E-state index in [4.69, 9.17) is 9.47 Å². The summed E-state index contributed by atoms with van der Waals surface area (Å²) in [6, 6.07) is 49.5. The number of aromatic nitrogens is 1. The largest absolute Gasteiger partial charge is 0.505 e. The van der Waals surface area contributed by atoms with Gasteiger partial charge in [0.05, 0.1) is 22.4 Å². The molecule has 2 atom stereocenters. The Labute approximate surface area is 363 Å². The van der Waals surface area contributed by atoms with Crippen molar-refractivity contribution in [1.82, 2.24) is 4.57 Å². The van der Waals surface area contributed by atoms with E-state index >= 15 is 0 Å². The summed E-state index contributed by atoms with van der Waals surface area (Å²) in [7, 11) is 0. The van der Waals surface area contributed by atoms with Gasteiger partial charge >= 0.3 is 0 Å². The molecule has 7 aromatic carbocycles. The molecule has 2 unspecified atom stereocenters. The summed E-state index contributed by atoms with van der Waals surface area (Å²) in [5.41, 5.74) is 11.1. The molecule has 0 bridgehead atoms. The molecule has 1 saturated carbocycles. The van der Waals surface area contributed by atoms with Gasteiger partial charge in [-0.15, -0.1) is 0 Å². The van der Waals surface area contributed by atoms with Gasteiger partial charge in [0, 0.05) is 51.7 Å². The first-order valence-electron chi connectivity index (χ1n) is 21.8. The van der Waals surface area contributed by atoms with Crippen LogP contribution in [0, 0.1) is 13.8 Å². The summed E-state index contributed by atoms with van der Waals surface area (Å²) in [4.78, 5) is 2.21. The fraction of sp³-hybridized carbons (Fsp3) is 0.179. The number of fused-ring (bicyclic) bond motifs is 4. The molecule has 6 nitrogen and oxygen atoms in total. The van der Waals surface area contributed by atoms with E-state index in [1.165, 1.54) is 5.56 Å². The van der Waals surface area contributed by atoms with Crippen LogP contribution in [0.4, 0.5) is 11.4 Å². The van der Waals surface area contributed by atoms with Crippen molar-refractivity contribution in [1.29, 1.82) is 0 Å². The van der Waals surface area contributed by atoms with E-state index in [2.05, 4.69) is 126 Å². The van der Waals surface area contributed by atoms with E-state index in [1.807, 2.05) is 66.7 Å². The summed E-state index contributed by atoms with van der Waals surface area (Å²) in [6.45, 7) is 4.78. The Bertz CT molecular complexity index is 2960. The molecule has 2 N–H and O–H groups in total. The minimum atomic E-state index is -0.0939. The standard InChI is InChI=1S/C56H50N2O4/c1-37-32-46(55(59)51(34-37)57-31-16-4-3-5-18-39-19-6-11-26-48(39)57)44-24-9-14-29-53(44)61-40-20-17-21-41(36-40)62-54-30-15-10-25-45(54)47-33-38(2)35-52(56(47)60)58-49-27-12-7-22-42(49)43-23-8-13-28-50(43)58/h3-16,19,22-30,32-35,40-41,59-60H,17-18,20-21,31,36H2,1-2H3/b5-3-,16-4-. The van der Waals surface area contributed by atoms with E-state index < -0.39 is 0 Å². The number of para-hydroxylation sites is 5. The second kappa shape index (κ2) is 16.7. The Morgan fingerprint density at radius 1 is 0.516 bits per heavy atom. The predicted octanol–water partition coefficient (Wildman–Crippen LogP) is 13.7. The fourth-order valence-corrected chi connectivity index (χ4v) is 9.54. The smallest absolute Gasteiger partial charge is 0.147 e. The number of hydrogen-bond acceptors (Lipinski definition) is 5. The molecule has 308 valence electrons. The van der Waals surface area contributed by atoms with Crippen LogP contribution in [0.1, 0.15) is 42.4 Å². The highest BCUT2D eigenvalue weighted by Gasteiger charge is 2.28. The van der Waals surface area contributed by atoms with Crippen molar-refractivity contribution in [3.05, 3.63) is 187 Å². The molecule has 1 fully saturated rings. The van der Waals surface area contributed by atoms with E-state index in [9.17, 15) is 10.2 Å². The summed E-state index contributed by atoms with van der Waals surface area (Å²) < 4.78 is 16.0. The van der Waals surface area contributed by atoms with Crippen LogP contribution in [0.15, 0.2) is 170 Å². The SMILES string of the molecule is Cc1cc(-c2ccccc2OC2CCCC(Oc3ccccc3-c3cc(C)cc(-n4c5ccccc5c5ccccc54)c3O)C2)c(O)c(N2C/C=C\C=C/Cc3ccccc32)c1. The van der Waals surface area contributed by atoms with Crippen LogP contribution in [0.5, 0.6) is 23.0 Å². The molecule has 0 saturated heterocycles. The molecule has 1 aliphatic carbocycles. The molecule has 62 heavy (non-hydrogen) atoms. The maximum atomic E-state index is 12.2. The quantitative estimate of drug-likeness (QED) is 0.160. The molecular formula is C56H50N2O4. The highest BCUT2D eigenvalue weighted by molar-refractivity contribution is 6.09. The van der Waals surface area contributed by atoms with Crippen LogP contribution in [-0.4, -0.2) is 33.5 Å². The number of allylic oxidation sites excluding steroid dienone is 3. The van der Waals surface area contributed by atoms with Crippen LogP contribution in [-0.2, 0) is 6.42 Å². The lowest BCUT2D eigenvalue weighted by molar-refractivity contribution is 0.0686. The van der Waals surface area contributed by atoms with Crippen LogP contribution >= 0.6 is 0 Å². The molecule has 6 heteroatoms. The van der Waals surface area contributed by atoms with Crippen molar-refractivity contribution in [3.63, 3.8) is 0 Å². The van der Waals surface area contributed by atoms with Crippen LogP contribution in [0.2, 0.25) is 0 Å². The molecule has 0 radical (unpaired) electrons. The van der Waals surface area contributed by atoms with Crippen molar-refractivity contribution in [3.8, 4) is 50.9 Å². The Kier molecular flexibility index (Phi) is 10.5. The first-order valence-corrected chi connectivity index (χ1v) is 21.8. The zero-order chi connectivity index (χ0) is 42.2. The molecule has 2 heterocycles. The Hall–Kier alpha value is -7.18. The van der Waals surface area contributed by atoms with Gasteiger partial charge in [0.25, 0.3) is 0 Å². The third-order valence-corrected chi connectivity index (χ3v) is 12.4. The average molecular weight is 815 g/mol. The van der Waals surface area contributed by atoms with Gasteiger partial charge in [0.15, 0.2) is 0 Å². The Balaban J connectivity index is 0.933. The second-order valence-corrected chi connectivity index (χ2v) is 16.7. The molecular weight excluding hydrogens is 765 g/mol. The van der Waals surface area contributed by atoms with Crippen molar-refractivity contribution >= 4 is 33.2 Å². The number of benzene rings is 7. The molecule has 0 amide bonds. The third kappa shape index (κ3) is 7.36. The maximum Gasteiger partial charge on any atom is 0.147 e. The summed E-state index contributed by atoms with van der Waals surface area (Å²) >= 11 is 0. The average Bonchev–Trinajstić information content (AvgIpc) is 3.67. The van der Waals surface area contributed by atoms with Crippen molar-refractivity contribution in [2.45, 2.75) is 58.2 Å². The van der Waals surface area contributed by atoms with E-state index in [0.29, 0.717) is 13.0 Å². The van der Waals surface area contributed by atoms with Crippen LogP contribution in [0.25, 0.3) is 49.7 Å². The number of ether oxygens (including phenoxy) is 2. The molecule has 0 spiro atoms. The second-order valence-electron chi connectivity index (χ2n) is 16.7. The molecule has 1 aromatic heterocycles. The lowest BCUT2D eigenvalue weighted by Crippen LogP contribution is -2.32. The van der Waals surface area contributed by atoms with E-state index in [-0.39, 0.29) is 23.7 Å². The van der Waals surface area contributed by atoms with Crippen LogP contribution < -0.4 is 14.4 Å². The first kappa shape index (κ1) is 39.0. The lowest BCUT2D eigenvalue weighted by atomic mass is 9.94. The zero-order valence-corrected chi connectivity index (χ0v) is 35.2. The number of phenols is 2. The third-order valence-electron chi connectivity index (χ3n) is 12.4. The number of hydrogen-bond donors (Lipinski definition) is 2. The molecule has 8 aromatic rings. The molecule has 10 rings (SSSR count). The van der Waals surface area contributed by atoms with Gasteiger partial charge in [0.2, 0.25) is 0 Å². The predicted molar refractivity (Wildman–Crippen MR) is 254 cm³/mol. The molecule has 2 aliphatic rings. The normalized spacial score (nSPS) is 17.5. The Morgan fingerprint density at radius 2 is 1.03 bits per heavy atom. The lowest BCUT2D eigenvalue weighted by Gasteiger charge is -2.31. The van der Waals surface area contributed by atoms with Gasteiger partial charge < -0.3 is 29.2 Å².